The Morgan fingerprint density at radius 3 is 2.90 bits per heavy atom. The first kappa shape index (κ1) is 20.8. The number of carbonyl (C=O) groups is 2. The summed E-state index contributed by atoms with van der Waals surface area (Å²) in [6.45, 7) is 2.93. The molecule has 2 N–H and O–H groups in total. The number of nitrogens with one attached hydrogen (secondary N) is 2. The lowest BCUT2D eigenvalue weighted by Gasteiger charge is -2.34. The van der Waals surface area contributed by atoms with Crippen LogP contribution in [0.2, 0.25) is 0 Å². The molecule has 1 aliphatic rings. The number of amides is 2. The van der Waals surface area contributed by atoms with Gasteiger partial charge in [-0.05, 0) is 37.1 Å². The van der Waals surface area contributed by atoms with Crippen molar-refractivity contribution in [3.05, 3.63) is 60.4 Å². The normalized spacial score (nSPS) is 16.8. The smallest absolute Gasteiger partial charge is 0.237 e. The van der Waals surface area contributed by atoms with Crippen LogP contribution in [0.15, 0.2) is 54.9 Å². The molecule has 0 saturated carbocycles. The van der Waals surface area contributed by atoms with Crippen LogP contribution in [0.5, 0.6) is 5.75 Å². The van der Waals surface area contributed by atoms with E-state index in [0.29, 0.717) is 25.4 Å². The van der Waals surface area contributed by atoms with Crippen LogP contribution in [-0.2, 0) is 16.0 Å². The summed E-state index contributed by atoms with van der Waals surface area (Å²) in [5.41, 5.74) is 1.29. The summed E-state index contributed by atoms with van der Waals surface area (Å²) < 4.78 is 5.52. The first-order chi connectivity index (χ1) is 14.2. The van der Waals surface area contributed by atoms with Gasteiger partial charge in [-0.25, -0.2) is 0 Å². The van der Waals surface area contributed by atoms with Crippen LogP contribution in [0.25, 0.3) is 0 Å². The Morgan fingerprint density at radius 1 is 1.24 bits per heavy atom. The number of pyridine rings is 1. The number of hydrogen-bond donors (Lipinski definition) is 2. The van der Waals surface area contributed by atoms with Crippen LogP contribution < -0.4 is 15.4 Å². The number of aryl methyl sites for hydroxylation is 1. The van der Waals surface area contributed by atoms with Crippen LogP contribution in [0.3, 0.4) is 0 Å². The molecule has 0 bridgehead atoms. The number of carbonyl (C=O) groups excluding carboxylic acids is 2. The second kappa shape index (κ2) is 11.2. The van der Waals surface area contributed by atoms with Crippen molar-refractivity contribution in [2.75, 3.05) is 32.8 Å². The van der Waals surface area contributed by atoms with Crippen LogP contribution in [0.1, 0.15) is 18.4 Å². The van der Waals surface area contributed by atoms with E-state index in [1.54, 1.807) is 18.5 Å². The fraction of sp³-hybridized carbons (Fsp3) is 0.409. The van der Waals surface area contributed by atoms with Crippen molar-refractivity contribution in [3.8, 4) is 5.75 Å². The SMILES string of the molecule is O=C(CC1C(=O)NCCN1CCCc1ccccc1)NCCOc1cccnc1. The van der Waals surface area contributed by atoms with Gasteiger partial charge in [0.15, 0.2) is 0 Å². The van der Waals surface area contributed by atoms with Gasteiger partial charge in [0.05, 0.1) is 25.2 Å². The van der Waals surface area contributed by atoms with E-state index in [-0.39, 0.29) is 18.2 Å². The van der Waals surface area contributed by atoms with Crippen LogP contribution in [-0.4, -0.2) is 60.5 Å². The first-order valence-electron chi connectivity index (χ1n) is 10.1. The summed E-state index contributed by atoms with van der Waals surface area (Å²) in [4.78, 5) is 30.7. The molecule has 0 radical (unpaired) electrons. The Bertz CT molecular complexity index is 770. The Kier molecular flexibility index (Phi) is 8.01. The highest BCUT2D eigenvalue weighted by atomic mass is 16.5. The van der Waals surface area contributed by atoms with Crippen LogP contribution in [0.4, 0.5) is 0 Å². The van der Waals surface area contributed by atoms with Gasteiger partial charge in [-0.3, -0.25) is 19.5 Å². The summed E-state index contributed by atoms with van der Waals surface area (Å²) in [5, 5.41) is 5.70. The van der Waals surface area contributed by atoms with Crippen molar-refractivity contribution in [2.45, 2.75) is 25.3 Å². The summed E-state index contributed by atoms with van der Waals surface area (Å²) in [5.74, 6) is 0.450. The van der Waals surface area contributed by atoms with E-state index in [2.05, 4.69) is 32.7 Å². The van der Waals surface area contributed by atoms with Gasteiger partial charge < -0.3 is 15.4 Å². The monoisotopic (exact) mass is 396 g/mol. The highest BCUT2D eigenvalue weighted by Crippen LogP contribution is 2.12. The van der Waals surface area contributed by atoms with Crippen LogP contribution in [0, 0.1) is 0 Å². The molecule has 1 aliphatic heterocycles. The van der Waals surface area contributed by atoms with Gasteiger partial charge in [-0.15, -0.1) is 0 Å². The molecule has 3 rings (SSSR count). The lowest BCUT2D eigenvalue weighted by Crippen LogP contribution is -2.56. The fourth-order valence-corrected chi connectivity index (χ4v) is 3.42. The molecule has 1 saturated heterocycles. The molecule has 7 nitrogen and oxygen atoms in total. The van der Waals surface area contributed by atoms with Crippen molar-refractivity contribution in [1.82, 2.24) is 20.5 Å². The molecule has 2 amide bonds. The van der Waals surface area contributed by atoms with Gasteiger partial charge in [-0.2, -0.15) is 0 Å². The first-order valence-corrected chi connectivity index (χ1v) is 10.1. The summed E-state index contributed by atoms with van der Waals surface area (Å²) in [6, 6.07) is 13.5. The molecular weight excluding hydrogens is 368 g/mol. The molecule has 7 heteroatoms. The maximum atomic E-state index is 12.3. The summed E-state index contributed by atoms with van der Waals surface area (Å²) in [7, 11) is 0. The average Bonchev–Trinajstić information content (AvgIpc) is 2.75. The Labute approximate surface area is 171 Å². The number of ether oxygens (including phenoxy) is 1. The third-order valence-corrected chi connectivity index (χ3v) is 4.90. The van der Waals surface area contributed by atoms with Crippen LogP contribution >= 0.6 is 0 Å². The Morgan fingerprint density at radius 2 is 2.10 bits per heavy atom. The minimum absolute atomic E-state index is 0.0716. The molecule has 1 unspecified atom stereocenters. The van der Waals surface area contributed by atoms with Gasteiger partial charge in [0.2, 0.25) is 11.8 Å². The second-order valence-electron chi connectivity index (χ2n) is 7.02. The fourth-order valence-electron chi connectivity index (χ4n) is 3.42. The zero-order chi connectivity index (χ0) is 20.3. The highest BCUT2D eigenvalue weighted by Gasteiger charge is 2.31. The average molecular weight is 396 g/mol. The van der Waals surface area contributed by atoms with Gasteiger partial charge in [0.1, 0.15) is 12.4 Å². The van der Waals surface area contributed by atoms with E-state index in [9.17, 15) is 9.59 Å². The molecule has 2 heterocycles. The molecule has 0 spiro atoms. The lowest BCUT2D eigenvalue weighted by atomic mass is 10.1. The molecule has 29 heavy (non-hydrogen) atoms. The second-order valence-corrected chi connectivity index (χ2v) is 7.02. The van der Waals surface area contributed by atoms with Crippen molar-refractivity contribution in [1.29, 1.82) is 0 Å². The molecule has 1 fully saturated rings. The molecule has 154 valence electrons. The van der Waals surface area contributed by atoms with Gasteiger partial charge in [0.25, 0.3) is 0 Å². The lowest BCUT2D eigenvalue weighted by molar-refractivity contribution is -0.134. The van der Waals surface area contributed by atoms with Crippen molar-refractivity contribution >= 4 is 11.8 Å². The quantitative estimate of drug-likeness (QED) is 0.593. The van der Waals surface area contributed by atoms with Gasteiger partial charge >= 0.3 is 0 Å². The van der Waals surface area contributed by atoms with E-state index >= 15 is 0 Å². The molecule has 1 aromatic carbocycles. The molecule has 1 atom stereocenters. The van der Waals surface area contributed by atoms with E-state index in [1.807, 2.05) is 24.3 Å². The van der Waals surface area contributed by atoms with Crippen molar-refractivity contribution in [2.24, 2.45) is 0 Å². The number of nitrogens with zero attached hydrogens (tertiary/aromatic N) is 2. The minimum Gasteiger partial charge on any atom is -0.490 e. The zero-order valence-electron chi connectivity index (χ0n) is 16.5. The number of aromatic nitrogens is 1. The van der Waals surface area contributed by atoms with Gasteiger partial charge in [-0.1, -0.05) is 30.3 Å². The third-order valence-electron chi connectivity index (χ3n) is 4.90. The summed E-state index contributed by atoms with van der Waals surface area (Å²) in [6.07, 6.45) is 5.37. The predicted octanol–water partition coefficient (Wildman–Crippen LogP) is 1.40. The number of hydrogen-bond acceptors (Lipinski definition) is 5. The van der Waals surface area contributed by atoms with E-state index in [4.69, 9.17) is 4.74 Å². The predicted molar refractivity (Wildman–Crippen MR) is 110 cm³/mol. The van der Waals surface area contributed by atoms with Crippen molar-refractivity contribution < 1.29 is 14.3 Å². The largest absolute Gasteiger partial charge is 0.490 e. The number of rotatable bonds is 10. The standard InChI is InChI=1S/C22H28N4O3/c27-21(24-12-15-29-19-9-4-10-23-17-19)16-20-22(28)25-11-14-26(20)13-5-8-18-6-2-1-3-7-18/h1-4,6-7,9-10,17,20H,5,8,11-16H2,(H,24,27)(H,25,28). The zero-order valence-corrected chi connectivity index (χ0v) is 16.5. The minimum atomic E-state index is -0.418. The maximum Gasteiger partial charge on any atom is 0.237 e. The maximum absolute atomic E-state index is 12.3. The topological polar surface area (TPSA) is 83.6 Å². The number of piperazine rings is 1. The molecule has 0 aliphatic carbocycles. The number of benzene rings is 1. The Balaban J connectivity index is 1.40. The van der Waals surface area contributed by atoms with E-state index in [0.717, 1.165) is 25.9 Å². The molecular formula is C22H28N4O3. The Hall–Kier alpha value is -2.93. The van der Waals surface area contributed by atoms with Gasteiger partial charge in [0, 0.05) is 19.3 Å². The van der Waals surface area contributed by atoms with E-state index < -0.39 is 6.04 Å². The summed E-state index contributed by atoms with van der Waals surface area (Å²) >= 11 is 0. The third kappa shape index (κ3) is 6.87. The van der Waals surface area contributed by atoms with E-state index in [1.165, 1.54) is 5.56 Å². The molecule has 1 aromatic heterocycles. The molecule has 2 aromatic rings. The highest BCUT2D eigenvalue weighted by molar-refractivity contribution is 5.88. The van der Waals surface area contributed by atoms with Crippen molar-refractivity contribution in [3.63, 3.8) is 0 Å².